The Bertz CT molecular complexity index is 999. The molecule has 4 bridgehead atoms. The Labute approximate surface area is 179 Å². The summed E-state index contributed by atoms with van der Waals surface area (Å²) in [5.74, 6) is -0.0274. The van der Waals surface area contributed by atoms with Crippen LogP contribution in [0, 0.1) is 17.3 Å². The number of carbonyl (C=O) groups is 1. The van der Waals surface area contributed by atoms with Gasteiger partial charge in [-0.25, -0.2) is 9.67 Å². The molecule has 2 atom stereocenters. The Balaban J connectivity index is 1.48. The van der Waals surface area contributed by atoms with Crippen LogP contribution in [0.1, 0.15) is 49.7 Å². The van der Waals surface area contributed by atoms with Crippen molar-refractivity contribution in [2.45, 2.75) is 56.4 Å². The molecule has 0 unspecified atom stereocenters. The molecule has 1 N–H and O–H groups in total. The smallest absolute Gasteiger partial charge is 0.326 e. The SMILES string of the molecule is O=C(Nc1cc(C(F)(F)F)cc(C(F)(F)F)c1)C12C[C@H]3C[C@H](C1)CC(n1cncn1)(C3)C2. The number of nitrogens with zero attached hydrogens (tertiary/aromatic N) is 3. The van der Waals surface area contributed by atoms with Crippen LogP contribution >= 0.6 is 0 Å². The first kappa shape index (κ1) is 21.3. The van der Waals surface area contributed by atoms with Crippen LogP contribution in [0.4, 0.5) is 32.0 Å². The van der Waals surface area contributed by atoms with Crippen molar-refractivity contribution in [2.24, 2.45) is 17.3 Å². The zero-order chi connectivity index (χ0) is 22.9. The summed E-state index contributed by atoms with van der Waals surface area (Å²) in [6.45, 7) is 0. The van der Waals surface area contributed by atoms with Crippen LogP contribution < -0.4 is 5.32 Å². The molecule has 0 aliphatic heterocycles. The van der Waals surface area contributed by atoms with Crippen LogP contribution in [-0.4, -0.2) is 20.7 Å². The van der Waals surface area contributed by atoms with Crippen molar-refractivity contribution in [1.82, 2.24) is 14.8 Å². The summed E-state index contributed by atoms with van der Waals surface area (Å²) >= 11 is 0. The maximum Gasteiger partial charge on any atom is 0.416 e. The third-order valence-electron chi connectivity index (χ3n) is 7.26. The number of aromatic nitrogens is 3. The summed E-state index contributed by atoms with van der Waals surface area (Å²) in [7, 11) is 0. The topological polar surface area (TPSA) is 59.8 Å². The van der Waals surface area contributed by atoms with Crippen LogP contribution in [0.2, 0.25) is 0 Å². The highest BCUT2D eigenvalue weighted by molar-refractivity contribution is 5.96. The van der Waals surface area contributed by atoms with E-state index in [4.69, 9.17) is 0 Å². The lowest BCUT2D eigenvalue weighted by Gasteiger charge is -2.60. The van der Waals surface area contributed by atoms with Gasteiger partial charge in [-0.05, 0) is 68.6 Å². The highest BCUT2D eigenvalue weighted by Gasteiger charge is 2.61. The fourth-order valence-electron chi connectivity index (χ4n) is 6.49. The summed E-state index contributed by atoms with van der Waals surface area (Å²) < 4.78 is 81.0. The molecule has 5 nitrogen and oxygen atoms in total. The molecule has 0 spiro atoms. The van der Waals surface area contributed by atoms with Crippen molar-refractivity contribution in [3.05, 3.63) is 42.0 Å². The van der Waals surface area contributed by atoms with Crippen LogP contribution in [-0.2, 0) is 22.7 Å². The van der Waals surface area contributed by atoms with E-state index in [2.05, 4.69) is 15.4 Å². The highest BCUT2D eigenvalue weighted by Crippen LogP contribution is 2.64. The van der Waals surface area contributed by atoms with Gasteiger partial charge in [-0.15, -0.1) is 0 Å². The van der Waals surface area contributed by atoms with E-state index in [1.54, 1.807) is 11.0 Å². The van der Waals surface area contributed by atoms with E-state index in [0.29, 0.717) is 31.4 Å². The van der Waals surface area contributed by atoms with Gasteiger partial charge in [0, 0.05) is 5.69 Å². The number of carbonyl (C=O) groups excluding carboxylic acids is 1. The number of rotatable bonds is 3. The van der Waals surface area contributed by atoms with Gasteiger partial charge in [0.05, 0.1) is 22.1 Å². The maximum absolute atomic E-state index is 13.4. The van der Waals surface area contributed by atoms with Crippen molar-refractivity contribution in [2.75, 3.05) is 5.32 Å². The van der Waals surface area contributed by atoms with Gasteiger partial charge >= 0.3 is 12.4 Å². The normalized spacial score (nSPS) is 31.7. The number of nitrogens with one attached hydrogen (secondary N) is 1. The quantitative estimate of drug-likeness (QED) is 0.640. The summed E-state index contributed by atoms with van der Waals surface area (Å²) in [6, 6.07) is 1.17. The Kier molecular flexibility index (Phi) is 4.46. The van der Waals surface area contributed by atoms with E-state index >= 15 is 0 Å². The van der Waals surface area contributed by atoms with E-state index in [0.717, 1.165) is 19.3 Å². The number of halogens is 6. The summed E-state index contributed by atoms with van der Waals surface area (Å²) in [5.41, 5.74) is -4.66. The van der Waals surface area contributed by atoms with Crippen LogP contribution in [0.25, 0.3) is 0 Å². The molecule has 4 aliphatic carbocycles. The first-order valence-electron chi connectivity index (χ1n) is 10.3. The largest absolute Gasteiger partial charge is 0.416 e. The van der Waals surface area contributed by atoms with Gasteiger partial charge in [-0.2, -0.15) is 31.4 Å². The minimum Gasteiger partial charge on any atom is -0.326 e. The lowest BCUT2D eigenvalue weighted by Crippen LogP contribution is -2.60. The third kappa shape index (κ3) is 3.45. The van der Waals surface area contributed by atoms with Crippen molar-refractivity contribution in [1.29, 1.82) is 0 Å². The van der Waals surface area contributed by atoms with E-state index in [1.807, 2.05) is 0 Å². The van der Waals surface area contributed by atoms with Crippen molar-refractivity contribution < 1.29 is 31.1 Å². The molecule has 11 heteroatoms. The standard InChI is InChI=1S/C21H20F6N4O/c22-20(23,24)14-2-15(21(25,26)27)4-16(3-14)30-17(32)18-5-12-1-13(6-18)8-19(7-12,9-18)31-11-28-10-29-31/h2-4,10-13H,1,5-9H2,(H,30,32)/t12-,13-,18?,19?/m1/s1. The second kappa shape index (κ2) is 6.71. The van der Waals surface area contributed by atoms with Crippen LogP contribution in [0.3, 0.4) is 0 Å². The summed E-state index contributed by atoms with van der Waals surface area (Å²) in [5, 5.41) is 6.68. The Morgan fingerprint density at radius 3 is 2.06 bits per heavy atom. The minimum absolute atomic E-state index is 0.0556. The van der Waals surface area contributed by atoms with Gasteiger partial charge in [0.15, 0.2) is 0 Å². The predicted octanol–water partition coefficient (Wildman–Crippen LogP) is 5.25. The molecule has 1 heterocycles. The summed E-state index contributed by atoms with van der Waals surface area (Å²) in [4.78, 5) is 17.4. The zero-order valence-electron chi connectivity index (χ0n) is 16.8. The third-order valence-corrected chi connectivity index (χ3v) is 7.26. The van der Waals surface area contributed by atoms with Gasteiger partial charge in [0.25, 0.3) is 0 Å². The molecule has 1 aromatic heterocycles. The molecule has 4 saturated carbocycles. The molecule has 0 saturated heterocycles. The summed E-state index contributed by atoms with van der Waals surface area (Å²) in [6.07, 6.45) is -2.70. The Morgan fingerprint density at radius 2 is 1.56 bits per heavy atom. The van der Waals surface area contributed by atoms with Crippen LogP contribution in [0.5, 0.6) is 0 Å². The average molecular weight is 458 g/mol. The molecule has 2 aromatic rings. The number of benzene rings is 1. The predicted molar refractivity (Wildman–Crippen MR) is 100 cm³/mol. The van der Waals surface area contributed by atoms with Crippen molar-refractivity contribution >= 4 is 11.6 Å². The molecular formula is C21H20F6N4O. The molecule has 32 heavy (non-hydrogen) atoms. The molecule has 1 aromatic carbocycles. The lowest BCUT2D eigenvalue weighted by molar-refractivity contribution is -0.150. The minimum atomic E-state index is -4.97. The molecular weight excluding hydrogens is 438 g/mol. The van der Waals surface area contributed by atoms with Gasteiger partial charge in [0.1, 0.15) is 12.7 Å². The zero-order valence-corrected chi connectivity index (χ0v) is 16.8. The molecule has 6 rings (SSSR count). The molecule has 0 radical (unpaired) electrons. The van der Waals surface area contributed by atoms with E-state index in [1.165, 1.54) is 6.33 Å². The first-order valence-corrected chi connectivity index (χ1v) is 10.3. The van der Waals surface area contributed by atoms with Crippen molar-refractivity contribution in [3.8, 4) is 0 Å². The first-order chi connectivity index (χ1) is 14.9. The maximum atomic E-state index is 13.4. The highest BCUT2D eigenvalue weighted by atomic mass is 19.4. The number of hydrogen-bond acceptors (Lipinski definition) is 3. The van der Waals surface area contributed by atoms with E-state index in [-0.39, 0.29) is 17.9 Å². The molecule has 4 fully saturated rings. The number of amides is 1. The van der Waals surface area contributed by atoms with Crippen LogP contribution in [0.15, 0.2) is 30.9 Å². The van der Waals surface area contributed by atoms with Gasteiger partial charge in [-0.1, -0.05) is 0 Å². The van der Waals surface area contributed by atoms with Gasteiger partial charge in [-0.3, -0.25) is 4.79 Å². The average Bonchev–Trinajstić information content (AvgIpc) is 3.21. The molecule has 172 valence electrons. The molecule has 4 aliphatic rings. The lowest BCUT2D eigenvalue weighted by atomic mass is 9.46. The molecule has 1 amide bonds. The van der Waals surface area contributed by atoms with Gasteiger partial charge in [0.2, 0.25) is 5.91 Å². The number of anilines is 1. The Morgan fingerprint density at radius 1 is 0.969 bits per heavy atom. The number of hydrogen-bond donors (Lipinski definition) is 1. The van der Waals surface area contributed by atoms with E-state index in [9.17, 15) is 31.1 Å². The second-order valence-corrected chi connectivity index (χ2v) is 9.55. The number of alkyl halides is 6. The van der Waals surface area contributed by atoms with Gasteiger partial charge < -0.3 is 5.32 Å². The van der Waals surface area contributed by atoms with Crippen molar-refractivity contribution in [3.63, 3.8) is 0 Å². The fourth-order valence-corrected chi connectivity index (χ4v) is 6.49. The fraction of sp³-hybridized carbons (Fsp3) is 0.571. The van der Waals surface area contributed by atoms with E-state index < -0.39 is 46.0 Å². The second-order valence-electron chi connectivity index (χ2n) is 9.55. The Hall–Kier alpha value is -2.59. The monoisotopic (exact) mass is 458 g/mol.